The number of aromatic nitrogens is 3. The predicted octanol–water partition coefficient (Wildman–Crippen LogP) is 5.39. The van der Waals surface area contributed by atoms with E-state index in [9.17, 15) is 10.0 Å². The monoisotopic (exact) mass is 544 g/mol. The third-order valence-electron chi connectivity index (χ3n) is 7.03. The molecule has 1 fully saturated rings. The van der Waals surface area contributed by atoms with Crippen LogP contribution in [0.5, 0.6) is 5.75 Å². The molecule has 210 valence electrons. The lowest BCUT2D eigenvalue weighted by Crippen LogP contribution is -2.52. The molecule has 0 aliphatic carbocycles. The van der Waals surface area contributed by atoms with Crippen LogP contribution in [0.25, 0.3) is 16.5 Å². The van der Waals surface area contributed by atoms with Crippen molar-refractivity contribution >= 4 is 28.3 Å². The van der Waals surface area contributed by atoms with Crippen molar-refractivity contribution in [3.63, 3.8) is 0 Å². The first-order chi connectivity index (χ1) is 19.1. The number of nitrogens with one attached hydrogen (secondary N) is 2. The number of carbonyl (C=O) groups is 1. The van der Waals surface area contributed by atoms with Gasteiger partial charge in [-0.2, -0.15) is 5.10 Å². The Bertz CT molecular complexity index is 1490. The molecule has 2 N–H and O–H groups in total. The van der Waals surface area contributed by atoms with Crippen LogP contribution in [0, 0.1) is 12.1 Å². The molecule has 2 amide bonds. The number of nitrogens with zero attached hydrogens (tertiary/aromatic N) is 4. The number of ether oxygens (including phenoxy) is 2. The van der Waals surface area contributed by atoms with Gasteiger partial charge in [-0.25, -0.2) is 9.48 Å². The number of quaternary nitrogens is 1. The van der Waals surface area contributed by atoms with Crippen LogP contribution in [0.15, 0.2) is 60.8 Å². The maximum absolute atomic E-state index is 13.2. The van der Waals surface area contributed by atoms with Crippen molar-refractivity contribution in [3.05, 3.63) is 77.4 Å². The average molecular weight is 545 g/mol. The second-order valence-electron chi connectivity index (χ2n) is 11.2. The molecule has 2 aromatic heterocycles. The molecular formula is C30H36N6O4. The van der Waals surface area contributed by atoms with Crippen LogP contribution in [-0.4, -0.2) is 64.9 Å². The zero-order valence-electron chi connectivity index (χ0n) is 23.4. The van der Waals surface area contributed by atoms with E-state index in [4.69, 9.17) is 14.6 Å². The van der Waals surface area contributed by atoms with E-state index < -0.39 is 6.03 Å². The fourth-order valence-corrected chi connectivity index (χ4v) is 4.62. The van der Waals surface area contributed by atoms with Gasteiger partial charge in [0.15, 0.2) is 0 Å². The quantitative estimate of drug-likeness (QED) is 0.238. The number of morpholine rings is 1. The Balaban J connectivity index is 1.34. The zero-order valence-corrected chi connectivity index (χ0v) is 23.4. The van der Waals surface area contributed by atoms with E-state index in [2.05, 4.69) is 36.4 Å². The van der Waals surface area contributed by atoms with E-state index in [1.165, 1.54) is 0 Å². The zero-order chi connectivity index (χ0) is 28.3. The summed E-state index contributed by atoms with van der Waals surface area (Å²) in [5, 5.41) is 25.2. The number of hydrogen-bond donors (Lipinski definition) is 2. The number of hydroxylamine groups is 3. The van der Waals surface area contributed by atoms with Crippen molar-refractivity contribution in [2.45, 2.75) is 33.1 Å². The lowest BCUT2D eigenvalue weighted by Gasteiger charge is -2.44. The summed E-state index contributed by atoms with van der Waals surface area (Å²) in [5.41, 5.74) is 2.92. The minimum Gasteiger partial charge on any atom is -0.633 e. The van der Waals surface area contributed by atoms with Crippen LogP contribution in [0.3, 0.4) is 0 Å². The second-order valence-corrected chi connectivity index (χ2v) is 11.2. The smallest absolute Gasteiger partial charge is 0.324 e. The lowest BCUT2D eigenvalue weighted by atomic mass is 9.92. The van der Waals surface area contributed by atoms with Gasteiger partial charge in [0.1, 0.15) is 37.8 Å². The Labute approximate surface area is 234 Å². The van der Waals surface area contributed by atoms with Crippen LogP contribution in [0.1, 0.15) is 32.2 Å². The van der Waals surface area contributed by atoms with Crippen LogP contribution in [-0.2, 0) is 10.2 Å². The fraction of sp³-hybridized carbons (Fsp3) is 0.367. The molecule has 1 saturated heterocycles. The molecule has 5 rings (SSSR count). The minimum atomic E-state index is -0.398. The number of rotatable bonds is 7. The molecule has 0 radical (unpaired) electrons. The SMILES string of the molecule is Cc1ccc(-n2nc(C(C)(C)C)cc2NC(=O)Nc2ccc(OCC[N+]3([O-])CCOCC3)c3ccccc23)cn1. The van der Waals surface area contributed by atoms with Crippen molar-refractivity contribution in [2.75, 3.05) is 50.1 Å². The Morgan fingerprint density at radius 3 is 2.52 bits per heavy atom. The molecule has 1 aliphatic heterocycles. The topological polar surface area (TPSA) is 113 Å². The maximum atomic E-state index is 13.2. The molecule has 10 heteroatoms. The van der Waals surface area contributed by atoms with Gasteiger partial charge in [0.2, 0.25) is 0 Å². The van der Waals surface area contributed by atoms with E-state index in [0.717, 1.165) is 27.8 Å². The van der Waals surface area contributed by atoms with Gasteiger partial charge in [-0.3, -0.25) is 10.3 Å². The normalized spacial score (nSPS) is 15.1. The molecular weight excluding hydrogens is 508 g/mol. The van der Waals surface area contributed by atoms with Gasteiger partial charge in [-0.15, -0.1) is 0 Å². The van der Waals surface area contributed by atoms with Crippen molar-refractivity contribution < 1.29 is 18.9 Å². The molecule has 1 aliphatic rings. The van der Waals surface area contributed by atoms with Crippen molar-refractivity contribution in [1.82, 2.24) is 14.8 Å². The summed E-state index contributed by atoms with van der Waals surface area (Å²) < 4.78 is 12.8. The highest BCUT2D eigenvalue weighted by molar-refractivity contribution is 6.07. The van der Waals surface area contributed by atoms with Gasteiger partial charge >= 0.3 is 6.03 Å². The maximum Gasteiger partial charge on any atom is 0.324 e. The first kappa shape index (κ1) is 27.6. The summed E-state index contributed by atoms with van der Waals surface area (Å²) in [7, 11) is 0. The number of urea groups is 1. The summed E-state index contributed by atoms with van der Waals surface area (Å²) in [6.45, 7) is 10.7. The highest BCUT2D eigenvalue weighted by atomic mass is 16.6. The van der Waals surface area contributed by atoms with E-state index in [-0.39, 0.29) is 10.1 Å². The summed E-state index contributed by atoms with van der Waals surface area (Å²) in [5.74, 6) is 1.20. The van der Waals surface area contributed by atoms with Crippen LogP contribution >= 0.6 is 0 Å². The number of fused-ring (bicyclic) bond motifs is 1. The number of pyridine rings is 1. The van der Waals surface area contributed by atoms with Crippen molar-refractivity contribution in [3.8, 4) is 11.4 Å². The van der Waals surface area contributed by atoms with E-state index in [1.54, 1.807) is 10.9 Å². The van der Waals surface area contributed by atoms with E-state index >= 15 is 0 Å². The van der Waals surface area contributed by atoms with Crippen LogP contribution in [0.2, 0.25) is 0 Å². The molecule has 0 atom stereocenters. The average Bonchev–Trinajstić information content (AvgIpc) is 3.35. The van der Waals surface area contributed by atoms with Gasteiger partial charge in [-0.05, 0) is 31.2 Å². The summed E-state index contributed by atoms with van der Waals surface area (Å²) in [6, 6.07) is 16.7. The summed E-state index contributed by atoms with van der Waals surface area (Å²) in [4.78, 5) is 17.6. The molecule has 4 aromatic rings. The molecule has 0 spiro atoms. The first-order valence-corrected chi connectivity index (χ1v) is 13.5. The lowest BCUT2D eigenvalue weighted by molar-refractivity contribution is -0.888. The van der Waals surface area contributed by atoms with E-state index in [1.807, 2.05) is 61.5 Å². The molecule has 3 heterocycles. The molecule has 40 heavy (non-hydrogen) atoms. The second kappa shape index (κ2) is 11.2. The highest BCUT2D eigenvalue weighted by Gasteiger charge is 2.23. The largest absolute Gasteiger partial charge is 0.633 e. The molecule has 0 bridgehead atoms. The number of benzene rings is 2. The van der Waals surface area contributed by atoms with Crippen molar-refractivity contribution in [1.29, 1.82) is 0 Å². The molecule has 0 saturated carbocycles. The summed E-state index contributed by atoms with van der Waals surface area (Å²) in [6.07, 6.45) is 1.74. The third-order valence-corrected chi connectivity index (χ3v) is 7.03. The van der Waals surface area contributed by atoms with Gasteiger partial charge in [0.25, 0.3) is 0 Å². The Hall–Kier alpha value is -3.99. The number of anilines is 2. The molecule has 0 unspecified atom stereocenters. The Morgan fingerprint density at radius 1 is 1.07 bits per heavy atom. The Kier molecular flexibility index (Phi) is 7.75. The molecule has 2 aromatic carbocycles. The predicted molar refractivity (Wildman–Crippen MR) is 156 cm³/mol. The van der Waals surface area contributed by atoms with Gasteiger partial charge in [0, 0.05) is 27.9 Å². The fourth-order valence-electron chi connectivity index (χ4n) is 4.62. The van der Waals surface area contributed by atoms with Crippen LogP contribution in [0.4, 0.5) is 16.3 Å². The van der Waals surface area contributed by atoms with E-state index in [0.29, 0.717) is 56.7 Å². The number of carbonyl (C=O) groups excluding carboxylic acids is 1. The Morgan fingerprint density at radius 2 is 1.82 bits per heavy atom. The third kappa shape index (κ3) is 6.25. The first-order valence-electron chi connectivity index (χ1n) is 13.5. The van der Waals surface area contributed by atoms with Gasteiger partial charge in [0.05, 0.1) is 36.5 Å². The van der Waals surface area contributed by atoms with Gasteiger partial charge < -0.3 is 24.6 Å². The van der Waals surface area contributed by atoms with Gasteiger partial charge in [-0.1, -0.05) is 45.0 Å². The standard InChI is InChI=1S/C30H36N6O4/c1-21-9-10-22(20-31-21)35-28(19-27(34-35)30(2,3)4)33-29(37)32-25-11-12-26(24-8-6-5-7-23(24)25)40-18-15-36(38)13-16-39-17-14-36/h5-12,19-20H,13-18H2,1-4H3,(H2,32,33,37). The number of hydrogen-bond acceptors (Lipinski definition) is 6. The number of amides is 2. The number of aryl methyl sites for hydroxylation is 1. The van der Waals surface area contributed by atoms with Crippen molar-refractivity contribution in [2.24, 2.45) is 0 Å². The summed E-state index contributed by atoms with van der Waals surface area (Å²) >= 11 is 0. The van der Waals surface area contributed by atoms with Crippen LogP contribution < -0.4 is 15.4 Å². The minimum absolute atomic E-state index is 0.211. The molecule has 10 nitrogen and oxygen atoms in total. The highest BCUT2D eigenvalue weighted by Crippen LogP contribution is 2.32.